The smallest absolute Gasteiger partial charge is 0.317 e. The zero-order valence-electron chi connectivity index (χ0n) is 12.1. The summed E-state index contributed by atoms with van der Waals surface area (Å²) in [6, 6.07) is 0.265. The van der Waals surface area contributed by atoms with E-state index in [0.717, 1.165) is 39.1 Å². The van der Waals surface area contributed by atoms with Crippen molar-refractivity contribution in [2.24, 2.45) is 0 Å². The van der Waals surface area contributed by atoms with E-state index in [4.69, 9.17) is 0 Å². The van der Waals surface area contributed by atoms with Crippen molar-refractivity contribution in [2.75, 3.05) is 32.7 Å². The van der Waals surface area contributed by atoms with Crippen molar-refractivity contribution in [3.05, 3.63) is 0 Å². The minimum Gasteiger partial charge on any atom is -0.336 e. The molecule has 0 aromatic rings. The molecule has 0 aromatic carbocycles. The van der Waals surface area contributed by atoms with Crippen LogP contribution < -0.4 is 5.32 Å². The molecule has 4 nitrogen and oxygen atoms in total. The SMILES string of the molecule is CCN(CC)CCCN(CC)C(=O)NC(C)C. The van der Waals surface area contributed by atoms with Crippen LogP contribution in [0.3, 0.4) is 0 Å². The van der Waals surface area contributed by atoms with Gasteiger partial charge in [0.15, 0.2) is 0 Å². The summed E-state index contributed by atoms with van der Waals surface area (Å²) in [5, 5.41) is 2.93. The molecule has 0 bridgehead atoms. The molecule has 0 aliphatic rings. The predicted molar refractivity (Wildman–Crippen MR) is 73.3 cm³/mol. The number of hydrogen-bond acceptors (Lipinski definition) is 2. The number of rotatable bonds is 8. The van der Waals surface area contributed by atoms with Gasteiger partial charge < -0.3 is 15.1 Å². The van der Waals surface area contributed by atoms with E-state index in [0.29, 0.717) is 0 Å². The molecule has 0 atom stereocenters. The Balaban J connectivity index is 3.93. The molecule has 0 aromatic heterocycles. The number of nitrogens with one attached hydrogen (secondary N) is 1. The van der Waals surface area contributed by atoms with Crippen molar-refractivity contribution in [3.63, 3.8) is 0 Å². The van der Waals surface area contributed by atoms with Crippen molar-refractivity contribution in [3.8, 4) is 0 Å². The molecule has 0 heterocycles. The van der Waals surface area contributed by atoms with Crippen molar-refractivity contribution in [1.82, 2.24) is 15.1 Å². The molecule has 1 N–H and O–H groups in total. The number of urea groups is 1. The monoisotopic (exact) mass is 243 g/mol. The summed E-state index contributed by atoms with van der Waals surface area (Å²) in [6.45, 7) is 15.2. The molecule has 17 heavy (non-hydrogen) atoms. The average molecular weight is 243 g/mol. The van der Waals surface area contributed by atoms with Gasteiger partial charge in [-0.3, -0.25) is 0 Å². The van der Waals surface area contributed by atoms with Gasteiger partial charge in [-0.05, 0) is 46.8 Å². The second-order valence-corrected chi connectivity index (χ2v) is 4.56. The molecule has 0 unspecified atom stereocenters. The van der Waals surface area contributed by atoms with Gasteiger partial charge >= 0.3 is 6.03 Å². The molecule has 0 saturated carbocycles. The van der Waals surface area contributed by atoms with Gasteiger partial charge in [-0.15, -0.1) is 0 Å². The highest BCUT2D eigenvalue weighted by atomic mass is 16.2. The second kappa shape index (κ2) is 9.28. The lowest BCUT2D eigenvalue weighted by Crippen LogP contribution is -2.43. The summed E-state index contributed by atoms with van der Waals surface area (Å²) in [5.74, 6) is 0. The molecule has 0 saturated heterocycles. The maximum Gasteiger partial charge on any atom is 0.317 e. The largest absolute Gasteiger partial charge is 0.336 e. The summed E-state index contributed by atoms with van der Waals surface area (Å²) in [6.07, 6.45) is 1.04. The van der Waals surface area contributed by atoms with Gasteiger partial charge in [-0.2, -0.15) is 0 Å². The van der Waals surface area contributed by atoms with Crippen LogP contribution in [0.1, 0.15) is 41.0 Å². The van der Waals surface area contributed by atoms with Crippen LogP contribution in [0, 0.1) is 0 Å². The van der Waals surface area contributed by atoms with E-state index >= 15 is 0 Å². The second-order valence-electron chi connectivity index (χ2n) is 4.56. The molecule has 0 rings (SSSR count). The highest BCUT2D eigenvalue weighted by Crippen LogP contribution is 1.97. The zero-order chi connectivity index (χ0) is 13.3. The van der Waals surface area contributed by atoms with Crippen molar-refractivity contribution in [2.45, 2.75) is 47.1 Å². The first-order chi connectivity index (χ1) is 8.04. The molecular weight excluding hydrogens is 214 g/mol. The summed E-state index contributed by atoms with van der Waals surface area (Å²) in [4.78, 5) is 16.1. The van der Waals surface area contributed by atoms with Gasteiger partial charge in [-0.25, -0.2) is 4.79 Å². The van der Waals surface area contributed by atoms with Crippen LogP contribution in [-0.4, -0.2) is 54.6 Å². The fourth-order valence-corrected chi connectivity index (χ4v) is 1.77. The van der Waals surface area contributed by atoms with E-state index in [1.165, 1.54) is 0 Å². The number of amides is 2. The quantitative estimate of drug-likeness (QED) is 0.709. The highest BCUT2D eigenvalue weighted by Gasteiger charge is 2.11. The Morgan fingerprint density at radius 2 is 1.65 bits per heavy atom. The van der Waals surface area contributed by atoms with E-state index in [1.807, 2.05) is 25.7 Å². The lowest BCUT2D eigenvalue weighted by atomic mass is 10.3. The van der Waals surface area contributed by atoms with Crippen molar-refractivity contribution < 1.29 is 4.79 Å². The lowest BCUT2D eigenvalue weighted by Gasteiger charge is -2.24. The van der Waals surface area contributed by atoms with Gasteiger partial charge in [0.2, 0.25) is 0 Å². The molecule has 0 aliphatic heterocycles. The summed E-state index contributed by atoms with van der Waals surface area (Å²) < 4.78 is 0. The Labute approximate surface area is 106 Å². The van der Waals surface area contributed by atoms with Crippen LogP contribution in [0.15, 0.2) is 0 Å². The highest BCUT2D eigenvalue weighted by molar-refractivity contribution is 5.74. The first-order valence-electron chi connectivity index (χ1n) is 6.82. The standard InChI is InChI=1S/C13H29N3O/c1-6-15(7-2)10-9-11-16(8-3)13(17)14-12(4)5/h12H,6-11H2,1-5H3,(H,14,17). The molecule has 0 aliphatic carbocycles. The van der Waals surface area contributed by atoms with Crippen LogP contribution in [0.4, 0.5) is 4.79 Å². The molecular formula is C13H29N3O. The Kier molecular flexibility index (Phi) is 8.86. The third kappa shape index (κ3) is 7.21. The number of carbonyl (C=O) groups excluding carboxylic acids is 1. The molecule has 2 amide bonds. The number of nitrogens with zero attached hydrogens (tertiary/aromatic N) is 2. The Hall–Kier alpha value is -0.770. The van der Waals surface area contributed by atoms with E-state index < -0.39 is 0 Å². The van der Waals surface area contributed by atoms with E-state index in [-0.39, 0.29) is 12.1 Å². The zero-order valence-corrected chi connectivity index (χ0v) is 12.1. The van der Waals surface area contributed by atoms with E-state index in [1.54, 1.807) is 0 Å². The van der Waals surface area contributed by atoms with Crippen molar-refractivity contribution in [1.29, 1.82) is 0 Å². The third-order valence-corrected chi connectivity index (χ3v) is 2.88. The fraction of sp³-hybridized carbons (Fsp3) is 0.923. The molecule has 4 heteroatoms. The molecule has 0 fully saturated rings. The first-order valence-corrected chi connectivity index (χ1v) is 6.82. The Morgan fingerprint density at radius 3 is 2.06 bits per heavy atom. The first kappa shape index (κ1) is 16.2. The Morgan fingerprint density at radius 1 is 1.06 bits per heavy atom. The van der Waals surface area contributed by atoms with Crippen LogP contribution >= 0.6 is 0 Å². The maximum absolute atomic E-state index is 11.8. The number of hydrogen-bond donors (Lipinski definition) is 1. The van der Waals surface area contributed by atoms with Crippen LogP contribution in [0.25, 0.3) is 0 Å². The van der Waals surface area contributed by atoms with Crippen molar-refractivity contribution >= 4 is 6.03 Å². The summed E-state index contributed by atoms with van der Waals surface area (Å²) in [5.41, 5.74) is 0. The average Bonchev–Trinajstić information content (AvgIpc) is 2.28. The number of carbonyl (C=O) groups is 1. The van der Waals surface area contributed by atoms with E-state index in [9.17, 15) is 4.79 Å². The molecule has 0 spiro atoms. The van der Waals surface area contributed by atoms with Crippen LogP contribution in [0.5, 0.6) is 0 Å². The van der Waals surface area contributed by atoms with Crippen LogP contribution in [0.2, 0.25) is 0 Å². The summed E-state index contributed by atoms with van der Waals surface area (Å²) in [7, 11) is 0. The third-order valence-electron chi connectivity index (χ3n) is 2.88. The molecule has 0 radical (unpaired) electrons. The normalized spacial score (nSPS) is 11.0. The van der Waals surface area contributed by atoms with Gasteiger partial charge in [0, 0.05) is 19.1 Å². The Bertz CT molecular complexity index is 203. The van der Waals surface area contributed by atoms with Gasteiger partial charge in [0.05, 0.1) is 0 Å². The maximum atomic E-state index is 11.8. The predicted octanol–water partition coefficient (Wildman–Crippen LogP) is 2.16. The van der Waals surface area contributed by atoms with Gasteiger partial charge in [0.25, 0.3) is 0 Å². The van der Waals surface area contributed by atoms with Gasteiger partial charge in [0.1, 0.15) is 0 Å². The topological polar surface area (TPSA) is 35.6 Å². The molecule has 102 valence electrons. The van der Waals surface area contributed by atoms with Gasteiger partial charge in [-0.1, -0.05) is 13.8 Å². The fourth-order valence-electron chi connectivity index (χ4n) is 1.77. The van der Waals surface area contributed by atoms with E-state index in [2.05, 4.69) is 24.1 Å². The van der Waals surface area contributed by atoms with Crippen LogP contribution in [-0.2, 0) is 0 Å². The minimum absolute atomic E-state index is 0.0575. The lowest BCUT2D eigenvalue weighted by molar-refractivity contribution is 0.193. The minimum atomic E-state index is 0.0575. The summed E-state index contributed by atoms with van der Waals surface area (Å²) >= 11 is 0.